The van der Waals surface area contributed by atoms with Crippen molar-refractivity contribution in [3.63, 3.8) is 0 Å². The van der Waals surface area contributed by atoms with Gasteiger partial charge >= 0.3 is 0 Å². The third kappa shape index (κ3) is 5.66. The van der Waals surface area contributed by atoms with Crippen LogP contribution in [0.15, 0.2) is 18.3 Å². The molecule has 7 heteroatoms. The van der Waals surface area contributed by atoms with E-state index in [9.17, 15) is 4.79 Å². The molecule has 0 unspecified atom stereocenters. The summed E-state index contributed by atoms with van der Waals surface area (Å²) in [5.41, 5.74) is 0.942. The first-order valence-corrected chi connectivity index (χ1v) is 9.05. The summed E-state index contributed by atoms with van der Waals surface area (Å²) in [7, 11) is 0. The molecule has 138 valence electrons. The number of carbonyl (C=O) groups is 1. The Bertz CT molecular complexity index is 546. The van der Waals surface area contributed by atoms with Crippen molar-refractivity contribution in [1.29, 1.82) is 0 Å². The van der Waals surface area contributed by atoms with Gasteiger partial charge in [0.1, 0.15) is 11.9 Å². The van der Waals surface area contributed by atoms with Gasteiger partial charge in [0.15, 0.2) is 0 Å². The molecule has 0 bridgehead atoms. The van der Waals surface area contributed by atoms with Crippen molar-refractivity contribution < 1.29 is 19.1 Å². The molecule has 0 spiro atoms. The minimum Gasteiger partial charge on any atom is -0.484 e. The summed E-state index contributed by atoms with van der Waals surface area (Å²) in [6, 6.07) is 3.75. The average Bonchev–Trinajstić information content (AvgIpc) is 2.64. The predicted octanol–water partition coefficient (Wildman–Crippen LogP) is 1.46. The third-order valence-electron chi connectivity index (χ3n) is 4.49. The largest absolute Gasteiger partial charge is 0.484 e. The van der Waals surface area contributed by atoms with Gasteiger partial charge in [0.2, 0.25) is 5.91 Å². The predicted molar refractivity (Wildman–Crippen MR) is 92.1 cm³/mol. The van der Waals surface area contributed by atoms with Gasteiger partial charge in [-0.1, -0.05) is 0 Å². The molecule has 1 amide bonds. The Balaban J connectivity index is 1.48. The van der Waals surface area contributed by atoms with Crippen molar-refractivity contribution in [3.05, 3.63) is 24.0 Å². The van der Waals surface area contributed by atoms with Gasteiger partial charge in [0.25, 0.3) is 0 Å². The number of amides is 1. The summed E-state index contributed by atoms with van der Waals surface area (Å²) in [5.74, 6) is 0.721. The molecule has 1 aromatic heterocycles. The van der Waals surface area contributed by atoms with E-state index in [0.29, 0.717) is 31.9 Å². The molecule has 1 N–H and O–H groups in total. The third-order valence-corrected chi connectivity index (χ3v) is 4.49. The second-order valence-corrected chi connectivity index (χ2v) is 6.55. The first-order chi connectivity index (χ1) is 12.2. The Morgan fingerprint density at radius 2 is 2.32 bits per heavy atom. The number of aryl methyl sites for hydroxylation is 1. The summed E-state index contributed by atoms with van der Waals surface area (Å²) in [5, 5.41) is 4.98. The molecule has 3 heterocycles. The quantitative estimate of drug-likeness (QED) is 0.838. The molecule has 7 nitrogen and oxygen atoms in total. The Kier molecular flexibility index (Phi) is 6.61. The number of carbonyl (C=O) groups excluding carboxylic acids is 1. The molecule has 0 aliphatic carbocycles. The molecular formula is C18H27N3O4. The maximum atomic E-state index is 12.3. The Morgan fingerprint density at radius 1 is 1.40 bits per heavy atom. The second kappa shape index (κ2) is 9.12. The van der Waals surface area contributed by atoms with Crippen molar-refractivity contribution in [2.75, 3.05) is 32.9 Å². The molecule has 2 aliphatic rings. The molecule has 2 saturated heterocycles. The summed E-state index contributed by atoms with van der Waals surface area (Å²) in [4.78, 5) is 22.1. The Labute approximate surface area is 148 Å². The fourth-order valence-corrected chi connectivity index (χ4v) is 3.02. The first kappa shape index (κ1) is 18.1. The second-order valence-electron chi connectivity index (χ2n) is 6.55. The van der Waals surface area contributed by atoms with Crippen LogP contribution in [0.1, 0.15) is 31.4 Å². The lowest BCUT2D eigenvalue weighted by molar-refractivity contribution is -0.181. The summed E-state index contributed by atoms with van der Waals surface area (Å²) < 4.78 is 11.5. The van der Waals surface area contributed by atoms with Crippen molar-refractivity contribution in [3.8, 4) is 5.75 Å². The Hall–Kier alpha value is -1.70. The van der Waals surface area contributed by atoms with Gasteiger partial charge in [0.05, 0.1) is 25.5 Å². The lowest BCUT2D eigenvalue weighted by Crippen LogP contribution is -2.51. The lowest BCUT2D eigenvalue weighted by atomic mass is 10.1. The summed E-state index contributed by atoms with van der Waals surface area (Å²) >= 11 is 0. The lowest BCUT2D eigenvalue weighted by Gasteiger charge is -2.32. The molecule has 3 rings (SSSR count). The van der Waals surface area contributed by atoms with Crippen LogP contribution in [0.5, 0.6) is 5.75 Å². The highest BCUT2D eigenvalue weighted by Crippen LogP contribution is 2.17. The number of nitrogens with zero attached hydrogens (tertiary/aromatic N) is 2. The topological polar surface area (TPSA) is 72.9 Å². The van der Waals surface area contributed by atoms with Crippen LogP contribution in [0, 0.1) is 6.92 Å². The van der Waals surface area contributed by atoms with E-state index in [1.807, 2.05) is 24.1 Å². The van der Waals surface area contributed by atoms with Gasteiger partial charge in [-0.05, 0) is 38.3 Å². The van der Waals surface area contributed by atoms with Crippen LogP contribution >= 0.6 is 0 Å². The highest BCUT2D eigenvalue weighted by molar-refractivity contribution is 5.76. The van der Waals surface area contributed by atoms with E-state index in [2.05, 4.69) is 10.3 Å². The minimum atomic E-state index is -0.201. The molecule has 2 fully saturated rings. The van der Waals surface area contributed by atoms with Crippen molar-refractivity contribution >= 4 is 5.91 Å². The number of nitrogens with one attached hydrogen (secondary N) is 1. The van der Waals surface area contributed by atoms with Crippen LogP contribution < -0.4 is 10.1 Å². The van der Waals surface area contributed by atoms with E-state index in [-0.39, 0.29) is 18.1 Å². The number of rotatable bonds is 6. The van der Waals surface area contributed by atoms with Crippen LogP contribution in [0.25, 0.3) is 0 Å². The monoisotopic (exact) mass is 349 g/mol. The van der Waals surface area contributed by atoms with Gasteiger partial charge in [-0.25, -0.2) is 0 Å². The zero-order valence-corrected chi connectivity index (χ0v) is 14.8. The number of hydroxylamine groups is 2. The maximum Gasteiger partial charge on any atom is 0.221 e. The SMILES string of the molecule is Cc1ccc(O[C@H]2COCC[C@H]2NC(=O)CCN2CCCCO2)cn1. The fourth-order valence-electron chi connectivity index (χ4n) is 3.02. The minimum absolute atomic E-state index is 0.0247. The van der Waals surface area contributed by atoms with Gasteiger partial charge in [-0.15, -0.1) is 0 Å². The summed E-state index contributed by atoms with van der Waals surface area (Å²) in [6.07, 6.45) is 4.90. The average molecular weight is 349 g/mol. The van der Waals surface area contributed by atoms with Crippen LogP contribution in [0.2, 0.25) is 0 Å². The molecule has 25 heavy (non-hydrogen) atoms. The van der Waals surface area contributed by atoms with E-state index >= 15 is 0 Å². The molecule has 0 radical (unpaired) electrons. The molecule has 0 aromatic carbocycles. The van der Waals surface area contributed by atoms with E-state index < -0.39 is 0 Å². The van der Waals surface area contributed by atoms with Crippen LogP contribution in [0.3, 0.4) is 0 Å². The number of pyridine rings is 1. The normalized spacial score (nSPS) is 24.7. The standard InChI is InChI=1S/C18H27N3O4/c1-14-4-5-15(12-19-14)25-17-13-23-11-7-16(17)20-18(22)6-9-21-8-2-3-10-24-21/h4-5,12,16-17H,2-3,6-11,13H2,1H3,(H,20,22)/t16-,17+/m1/s1. The number of hydrogen-bond donors (Lipinski definition) is 1. The first-order valence-electron chi connectivity index (χ1n) is 9.05. The highest BCUT2D eigenvalue weighted by Gasteiger charge is 2.29. The highest BCUT2D eigenvalue weighted by atomic mass is 16.7. The Morgan fingerprint density at radius 3 is 3.08 bits per heavy atom. The van der Waals surface area contributed by atoms with Gasteiger partial charge < -0.3 is 14.8 Å². The number of hydrogen-bond acceptors (Lipinski definition) is 6. The molecule has 1 aromatic rings. The maximum absolute atomic E-state index is 12.3. The van der Waals surface area contributed by atoms with Gasteiger partial charge in [-0.3, -0.25) is 14.6 Å². The number of ether oxygens (including phenoxy) is 2. The number of aromatic nitrogens is 1. The van der Waals surface area contributed by atoms with E-state index in [4.69, 9.17) is 14.3 Å². The van der Waals surface area contributed by atoms with Crippen LogP contribution in [0.4, 0.5) is 0 Å². The van der Waals surface area contributed by atoms with E-state index in [1.54, 1.807) is 6.20 Å². The van der Waals surface area contributed by atoms with Gasteiger partial charge in [0, 0.05) is 31.8 Å². The smallest absolute Gasteiger partial charge is 0.221 e. The zero-order valence-electron chi connectivity index (χ0n) is 14.8. The van der Waals surface area contributed by atoms with Crippen molar-refractivity contribution in [2.24, 2.45) is 0 Å². The molecule has 2 aliphatic heterocycles. The van der Waals surface area contributed by atoms with Gasteiger partial charge in [-0.2, -0.15) is 5.06 Å². The van der Waals surface area contributed by atoms with Crippen LogP contribution in [-0.2, 0) is 14.4 Å². The van der Waals surface area contributed by atoms with Crippen molar-refractivity contribution in [2.45, 2.75) is 44.8 Å². The van der Waals surface area contributed by atoms with E-state index in [1.165, 1.54) is 0 Å². The molecular weight excluding hydrogens is 322 g/mol. The zero-order chi connectivity index (χ0) is 17.5. The van der Waals surface area contributed by atoms with Crippen LogP contribution in [-0.4, -0.2) is 61.0 Å². The van der Waals surface area contributed by atoms with Crippen molar-refractivity contribution in [1.82, 2.24) is 15.4 Å². The summed E-state index contributed by atoms with van der Waals surface area (Å²) in [6.45, 7) is 5.31. The van der Waals surface area contributed by atoms with E-state index in [0.717, 1.165) is 38.1 Å². The fraction of sp³-hybridized carbons (Fsp3) is 0.667. The molecule has 2 atom stereocenters. The molecule has 0 saturated carbocycles.